The molecule has 1 aromatic carbocycles. The van der Waals surface area contributed by atoms with Gasteiger partial charge in [-0.15, -0.1) is 11.8 Å². The average Bonchev–Trinajstić information content (AvgIpc) is 2.29. The average molecular weight is 248 g/mol. The fraction of sp³-hybridized carbons (Fsp3) is 0.500. The van der Waals surface area contributed by atoms with Gasteiger partial charge in [0, 0.05) is 15.7 Å². The predicted molar refractivity (Wildman–Crippen MR) is 74.7 cm³/mol. The van der Waals surface area contributed by atoms with Gasteiger partial charge >= 0.3 is 0 Å². The summed E-state index contributed by atoms with van der Waals surface area (Å²) < 4.78 is 0. The summed E-state index contributed by atoms with van der Waals surface area (Å²) in [7, 11) is 0. The summed E-state index contributed by atoms with van der Waals surface area (Å²) in [5, 5.41) is 8.12. The van der Waals surface area contributed by atoms with Gasteiger partial charge in [-0.3, -0.25) is 5.41 Å². The van der Waals surface area contributed by atoms with Gasteiger partial charge in [0.25, 0.3) is 0 Å². The number of nitrogen functional groups attached to an aromatic ring is 1. The van der Waals surface area contributed by atoms with E-state index in [-0.39, 0.29) is 5.84 Å². The molecular weight excluding hydrogens is 228 g/mol. The lowest BCUT2D eigenvalue weighted by Crippen LogP contribution is -2.15. The number of hydrogen-bond donors (Lipinski definition) is 2. The highest BCUT2D eigenvalue weighted by Gasteiger charge is 2.19. The number of nitrogens with one attached hydrogen (secondary N) is 1. The van der Waals surface area contributed by atoms with E-state index in [1.807, 2.05) is 23.9 Å². The number of rotatable bonds is 3. The first-order valence-electron chi connectivity index (χ1n) is 6.26. The third-order valence-corrected chi connectivity index (χ3v) is 4.66. The summed E-state index contributed by atoms with van der Waals surface area (Å²) in [5.74, 6) is 1.02. The van der Waals surface area contributed by atoms with E-state index in [9.17, 15) is 0 Å². The molecule has 3 heteroatoms. The van der Waals surface area contributed by atoms with Crippen molar-refractivity contribution in [2.75, 3.05) is 0 Å². The van der Waals surface area contributed by atoms with E-state index in [1.54, 1.807) is 0 Å². The third kappa shape index (κ3) is 3.50. The highest BCUT2D eigenvalue weighted by atomic mass is 32.2. The van der Waals surface area contributed by atoms with Crippen molar-refractivity contribution in [1.82, 2.24) is 0 Å². The van der Waals surface area contributed by atoms with Gasteiger partial charge in [-0.1, -0.05) is 31.9 Å². The quantitative estimate of drug-likeness (QED) is 0.634. The Bertz CT molecular complexity index is 386. The van der Waals surface area contributed by atoms with Crippen molar-refractivity contribution in [1.29, 1.82) is 5.41 Å². The first-order valence-corrected chi connectivity index (χ1v) is 7.14. The van der Waals surface area contributed by atoms with Crippen LogP contribution in [0.2, 0.25) is 0 Å². The second-order valence-electron chi connectivity index (χ2n) is 4.95. The third-order valence-electron chi connectivity index (χ3n) is 3.36. The molecule has 0 radical (unpaired) electrons. The lowest BCUT2D eigenvalue weighted by atomic mass is 9.91. The van der Waals surface area contributed by atoms with Crippen LogP contribution in [0.3, 0.4) is 0 Å². The van der Waals surface area contributed by atoms with Gasteiger partial charge in [0.1, 0.15) is 5.84 Å². The Morgan fingerprint density at radius 2 is 2.00 bits per heavy atom. The highest BCUT2D eigenvalue weighted by Crippen LogP contribution is 2.35. The molecule has 2 rings (SSSR count). The molecule has 0 bridgehead atoms. The molecule has 92 valence electrons. The smallest absolute Gasteiger partial charge is 0.122 e. The van der Waals surface area contributed by atoms with Gasteiger partial charge in [-0.05, 0) is 30.9 Å². The molecule has 2 unspecified atom stereocenters. The van der Waals surface area contributed by atoms with Gasteiger partial charge < -0.3 is 5.73 Å². The fourth-order valence-corrected chi connectivity index (χ4v) is 3.78. The topological polar surface area (TPSA) is 49.9 Å². The molecule has 0 spiro atoms. The zero-order valence-corrected chi connectivity index (χ0v) is 11.1. The van der Waals surface area contributed by atoms with Crippen LogP contribution in [0.4, 0.5) is 0 Å². The zero-order chi connectivity index (χ0) is 12.3. The van der Waals surface area contributed by atoms with Crippen LogP contribution in [0.1, 0.15) is 38.2 Å². The van der Waals surface area contributed by atoms with E-state index in [0.29, 0.717) is 0 Å². The Labute approximate surface area is 107 Å². The van der Waals surface area contributed by atoms with Crippen molar-refractivity contribution in [2.45, 2.75) is 42.8 Å². The largest absolute Gasteiger partial charge is 0.384 e. The molecule has 0 heterocycles. The van der Waals surface area contributed by atoms with Crippen molar-refractivity contribution in [3.63, 3.8) is 0 Å². The maximum absolute atomic E-state index is 7.36. The van der Waals surface area contributed by atoms with E-state index in [0.717, 1.165) is 16.7 Å². The molecule has 2 atom stereocenters. The van der Waals surface area contributed by atoms with E-state index in [1.165, 1.54) is 30.6 Å². The summed E-state index contributed by atoms with van der Waals surface area (Å²) >= 11 is 1.98. The molecule has 1 aliphatic rings. The molecule has 0 aliphatic heterocycles. The normalized spacial score (nSPS) is 24.5. The molecule has 0 amide bonds. The van der Waals surface area contributed by atoms with Gasteiger partial charge in [0.05, 0.1) is 0 Å². The maximum Gasteiger partial charge on any atom is 0.122 e. The van der Waals surface area contributed by atoms with Gasteiger partial charge in [-0.2, -0.15) is 0 Å². The number of thioether (sulfide) groups is 1. The van der Waals surface area contributed by atoms with Crippen LogP contribution in [0.25, 0.3) is 0 Å². The molecule has 2 nitrogen and oxygen atoms in total. The monoisotopic (exact) mass is 248 g/mol. The maximum atomic E-state index is 7.36. The molecule has 0 saturated heterocycles. The molecule has 0 aromatic heterocycles. The molecule has 1 aliphatic carbocycles. The van der Waals surface area contributed by atoms with Gasteiger partial charge in [0.15, 0.2) is 0 Å². The first kappa shape index (κ1) is 12.5. The van der Waals surface area contributed by atoms with Crippen molar-refractivity contribution < 1.29 is 0 Å². The summed E-state index contributed by atoms with van der Waals surface area (Å²) in [4.78, 5) is 1.30. The molecule has 1 fully saturated rings. The number of benzene rings is 1. The van der Waals surface area contributed by atoms with Crippen LogP contribution in [0, 0.1) is 11.3 Å². The lowest BCUT2D eigenvalue weighted by molar-refractivity contribution is 0.394. The van der Waals surface area contributed by atoms with Crippen LogP contribution in [0.15, 0.2) is 29.2 Å². The van der Waals surface area contributed by atoms with Gasteiger partial charge in [0.2, 0.25) is 0 Å². The van der Waals surface area contributed by atoms with Crippen LogP contribution in [-0.2, 0) is 0 Å². The second-order valence-corrected chi connectivity index (χ2v) is 6.32. The minimum atomic E-state index is 0.146. The molecule has 3 N–H and O–H groups in total. The minimum Gasteiger partial charge on any atom is -0.384 e. The molecule has 1 aromatic rings. The summed E-state index contributed by atoms with van der Waals surface area (Å²) in [6, 6.07) is 8.05. The fourth-order valence-electron chi connectivity index (χ4n) is 2.39. The van der Waals surface area contributed by atoms with Crippen molar-refractivity contribution in [3.05, 3.63) is 29.8 Å². The molecule has 1 saturated carbocycles. The van der Waals surface area contributed by atoms with E-state index >= 15 is 0 Å². The molecular formula is C14H20N2S. The van der Waals surface area contributed by atoms with E-state index in [2.05, 4.69) is 19.1 Å². The predicted octanol–water partition coefficient (Wildman–Crippen LogP) is 3.64. The zero-order valence-electron chi connectivity index (χ0n) is 10.3. The summed E-state index contributed by atoms with van der Waals surface area (Å²) in [6.45, 7) is 2.35. The second kappa shape index (κ2) is 5.58. The Morgan fingerprint density at radius 3 is 2.59 bits per heavy atom. The van der Waals surface area contributed by atoms with E-state index in [4.69, 9.17) is 11.1 Å². The van der Waals surface area contributed by atoms with Crippen molar-refractivity contribution in [3.8, 4) is 0 Å². The highest BCUT2D eigenvalue weighted by molar-refractivity contribution is 8.00. The van der Waals surface area contributed by atoms with Crippen LogP contribution < -0.4 is 5.73 Å². The summed E-state index contributed by atoms with van der Waals surface area (Å²) in [6.07, 6.45) is 5.42. The Hall–Kier alpha value is -0.960. The SMILES string of the molecule is CC1CCCC(Sc2ccc(C(=N)N)cc2)C1. The van der Waals surface area contributed by atoms with Crippen LogP contribution in [-0.4, -0.2) is 11.1 Å². The van der Waals surface area contributed by atoms with Crippen molar-refractivity contribution in [2.24, 2.45) is 11.7 Å². The van der Waals surface area contributed by atoms with Crippen LogP contribution >= 0.6 is 11.8 Å². The van der Waals surface area contributed by atoms with Gasteiger partial charge in [-0.25, -0.2) is 0 Å². The Balaban J connectivity index is 1.96. The Morgan fingerprint density at radius 1 is 1.29 bits per heavy atom. The van der Waals surface area contributed by atoms with Crippen molar-refractivity contribution >= 4 is 17.6 Å². The number of amidine groups is 1. The van der Waals surface area contributed by atoms with Crippen LogP contribution in [0.5, 0.6) is 0 Å². The minimum absolute atomic E-state index is 0.146. The molecule has 17 heavy (non-hydrogen) atoms. The van der Waals surface area contributed by atoms with E-state index < -0.39 is 0 Å². The first-order chi connectivity index (χ1) is 8.15. The number of hydrogen-bond acceptors (Lipinski definition) is 2. The summed E-state index contributed by atoms with van der Waals surface area (Å²) in [5.41, 5.74) is 6.25. The number of nitrogens with two attached hydrogens (primary N) is 1. The Kier molecular flexibility index (Phi) is 4.11. The standard InChI is InChI=1S/C14H20N2S/c1-10-3-2-4-13(9-10)17-12-7-5-11(6-8-12)14(15)16/h5-8,10,13H,2-4,9H2,1H3,(H3,15,16). The lowest BCUT2D eigenvalue weighted by Gasteiger charge is -2.26.